The average Bonchev–Trinajstić information content (AvgIpc) is 2.60. The largest absolute Gasteiger partial charge is 0.375 e. The Hall–Kier alpha value is -1.62. The van der Waals surface area contributed by atoms with Crippen molar-refractivity contribution in [3.8, 4) is 0 Å². The molecule has 0 radical (unpaired) electrons. The fourth-order valence-electron chi connectivity index (χ4n) is 4.11. The summed E-state index contributed by atoms with van der Waals surface area (Å²) in [7, 11) is 0. The first kappa shape index (κ1) is 18.2. The number of halogens is 1. The lowest BCUT2D eigenvalue weighted by atomic mass is 9.77. The molecule has 1 unspecified atom stereocenters. The number of hydrogen-bond donors (Lipinski definition) is 1. The molecule has 1 spiro atoms. The molecular formula is C20H29FN2O2. The van der Waals surface area contributed by atoms with Crippen LogP contribution in [0.1, 0.15) is 44.6 Å². The minimum absolute atomic E-state index is 0.0452. The lowest BCUT2D eigenvalue weighted by Crippen LogP contribution is -2.53. The van der Waals surface area contributed by atoms with Crippen molar-refractivity contribution < 1.29 is 13.9 Å². The smallest absolute Gasteiger partial charge is 0.317 e. The summed E-state index contributed by atoms with van der Waals surface area (Å²) in [5.41, 5.74) is 0.969. The van der Waals surface area contributed by atoms with Crippen LogP contribution in [-0.2, 0) is 11.2 Å². The molecule has 0 saturated carbocycles. The maximum Gasteiger partial charge on any atom is 0.317 e. The molecule has 4 nitrogen and oxygen atoms in total. The third kappa shape index (κ3) is 4.72. The molecule has 5 heteroatoms. The van der Waals surface area contributed by atoms with Gasteiger partial charge in [0.05, 0.1) is 5.60 Å². The Morgan fingerprint density at radius 1 is 1.40 bits per heavy atom. The SMILES string of the molecule is CCCNC(=O)N1CCC2(CC1)CC(Cc1cccc(F)c1)CCO2. The second-order valence-electron chi connectivity index (χ2n) is 7.44. The van der Waals surface area contributed by atoms with Crippen molar-refractivity contribution in [3.05, 3.63) is 35.6 Å². The fraction of sp³-hybridized carbons (Fsp3) is 0.650. The molecule has 1 aromatic rings. The normalized spacial score (nSPS) is 22.8. The van der Waals surface area contributed by atoms with E-state index in [2.05, 4.69) is 12.2 Å². The molecule has 3 rings (SSSR count). The number of amides is 2. The zero-order valence-electron chi connectivity index (χ0n) is 15.1. The van der Waals surface area contributed by atoms with Crippen LogP contribution in [0.2, 0.25) is 0 Å². The van der Waals surface area contributed by atoms with E-state index in [0.717, 1.165) is 70.3 Å². The third-order valence-corrected chi connectivity index (χ3v) is 5.50. The Kier molecular flexibility index (Phi) is 5.94. The number of hydrogen-bond acceptors (Lipinski definition) is 2. The van der Waals surface area contributed by atoms with Crippen molar-refractivity contribution in [2.24, 2.45) is 5.92 Å². The predicted molar refractivity (Wildman–Crippen MR) is 96.0 cm³/mol. The van der Waals surface area contributed by atoms with Crippen molar-refractivity contribution in [3.63, 3.8) is 0 Å². The van der Waals surface area contributed by atoms with E-state index in [-0.39, 0.29) is 17.4 Å². The first-order valence-corrected chi connectivity index (χ1v) is 9.51. The van der Waals surface area contributed by atoms with Gasteiger partial charge in [0.25, 0.3) is 0 Å². The first-order valence-electron chi connectivity index (χ1n) is 9.51. The number of ether oxygens (including phenoxy) is 1. The van der Waals surface area contributed by atoms with Crippen LogP contribution in [0.3, 0.4) is 0 Å². The quantitative estimate of drug-likeness (QED) is 0.900. The summed E-state index contributed by atoms with van der Waals surface area (Å²) in [5.74, 6) is 0.363. The van der Waals surface area contributed by atoms with Crippen molar-refractivity contribution in [1.29, 1.82) is 0 Å². The van der Waals surface area contributed by atoms with Crippen LogP contribution in [-0.4, -0.2) is 42.8 Å². The van der Waals surface area contributed by atoms with Gasteiger partial charge in [-0.25, -0.2) is 9.18 Å². The monoisotopic (exact) mass is 348 g/mol. The number of piperidine rings is 1. The van der Waals surface area contributed by atoms with E-state index in [0.29, 0.717) is 5.92 Å². The second-order valence-corrected chi connectivity index (χ2v) is 7.44. The number of carbonyl (C=O) groups excluding carboxylic acids is 1. The van der Waals surface area contributed by atoms with E-state index in [1.165, 1.54) is 6.07 Å². The van der Waals surface area contributed by atoms with Crippen LogP contribution in [0.5, 0.6) is 0 Å². The molecule has 2 heterocycles. The molecular weight excluding hydrogens is 319 g/mol. The van der Waals surface area contributed by atoms with Gasteiger partial charge in [0, 0.05) is 26.2 Å². The van der Waals surface area contributed by atoms with Crippen LogP contribution < -0.4 is 5.32 Å². The Balaban J connectivity index is 1.54. The summed E-state index contributed by atoms with van der Waals surface area (Å²) in [6.45, 7) is 5.05. The van der Waals surface area contributed by atoms with E-state index >= 15 is 0 Å². The van der Waals surface area contributed by atoms with Gasteiger partial charge in [0.2, 0.25) is 0 Å². The molecule has 0 aliphatic carbocycles. The van der Waals surface area contributed by atoms with Gasteiger partial charge in [0.1, 0.15) is 5.82 Å². The number of nitrogens with one attached hydrogen (secondary N) is 1. The van der Waals surface area contributed by atoms with E-state index in [1.54, 1.807) is 12.1 Å². The van der Waals surface area contributed by atoms with Gasteiger partial charge in [-0.3, -0.25) is 0 Å². The van der Waals surface area contributed by atoms with Gasteiger partial charge >= 0.3 is 6.03 Å². The molecule has 2 aliphatic rings. The van der Waals surface area contributed by atoms with Crippen molar-refractivity contribution in [2.45, 2.75) is 51.0 Å². The number of benzene rings is 1. The van der Waals surface area contributed by atoms with E-state index in [4.69, 9.17) is 4.74 Å². The van der Waals surface area contributed by atoms with Crippen LogP contribution in [0, 0.1) is 11.7 Å². The molecule has 138 valence electrons. The average molecular weight is 348 g/mol. The molecule has 2 aliphatic heterocycles. The maximum atomic E-state index is 13.4. The molecule has 2 fully saturated rings. The van der Waals surface area contributed by atoms with E-state index in [1.807, 2.05) is 11.0 Å². The minimum Gasteiger partial charge on any atom is -0.375 e. The zero-order valence-corrected chi connectivity index (χ0v) is 15.1. The highest BCUT2D eigenvalue weighted by Crippen LogP contribution is 2.38. The Morgan fingerprint density at radius 3 is 2.92 bits per heavy atom. The first-order chi connectivity index (χ1) is 12.1. The van der Waals surface area contributed by atoms with Gasteiger partial charge in [-0.1, -0.05) is 19.1 Å². The summed E-state index contributed by atoms with van der Waals surface area (Å²) < 4.78 is 19.6. The van der Waals surface area contributed by atoms with Crippen LogP contribution >= 0.6 is 0 Å². The Labute approximate surface area is 149 Å². The van der Waals surface area contributed by atoms with E-state index in [9.17, 15) is 9.18 Å². The highest BCUT2D eigenvalue weighted by molar-refractivity contribution is 5.74. The van der Waals surface area contributed by atoms with Crippen molar-refractivity contribution >= 4 is 6.03 Å². The number of nitrogens with zero attached hydrogens (tertiary/aromatic N) is 1. The van der Waals surface area contributed by atoms with Gasteiger partial charge in [-0.05, 0) is 62.1 Å². The lowest BCUT2D eigenvalue weighted by molar-refractivity contribution is -0.122. The highest BCUT2D eigenvalue weighted by Gasteiger charge is 2.41. The standard InChI is InChI=1S/C20H29FN2O2/c1-2-9-22-19(24)23-10-7-20(8-11-23)15-17(6-12-25-20)13-16-4-3-5-18(21)14-16/h3-5,14,17H,2,6-13,15H2,1H3,(H,22,24). The number of likely N-dealkylation sites (tertiary alicyclic amines) is 1. The molecule has 1 aromatic carbocycles. The predicted octanol–water partition coefficient (Wildman–Crippen LogP) is 3.75. The summed E-state index contributed by atoms with van der Waals surface area (Å²) >= 11 is 0. The van der Waals surface area contributed by atoms with Gasteiger partial charge in [-0.2, -0.15) is 0 Å². The molecule has 25 heavy (non-hydrogen) atoms. The number of carbonyl (C=O) groups is 1. The summed E-state index contributed by atoms with van der Waals surface area (Å²) in [5, 5.41) is 2.95. The Bertz CT molecular complexity index is 585. The number of urea groups is 1. The minimum atomic E-state index is -0.161. The highest BCUT2D eigenvalue weighted by atomic mass is 19.1. The van der Waals surface area contributed by atoms with Crippen LogP contribution in [0.4, 0.5) is 9.18 Å². The molecule has 1 N–H and O–H groups in total. The van der Waals surface area contributed by atoms with Crippen LogP contribution in [0.25, 0.3) is 0 Å². The summed E-state index contributed by atoms with van der Waals surface area (Å²) in [6.07, 6.45) is 5.68. The topological polar surface area (TPSA) is 41.6 Å². The van der Waals surface area contributed by atoms with Gasteiger partial charge in [0.15, 0.2) is 0 Å². The summed E-state index contributed by atoms with van der Waals surface area (Å²) in [4.78, 5) is 14.0. The molecule has 0 aromatic heterocycles. The van der Waals surface area contributed by atoms with Crippen LogP contribution in [0.15, 0.2) is 24.3 Å². The molecule has 0 bridgehead atoms. The maximum absolute atomic E-state index is 13.4. The van der Waals surface area contributed by atoms with Crippen molar-refractivity contribution in [2.75, 3.05) is 26.2 Å². The van der Waals surface area contributed by atoms with Gasteiger partial charge in [-0.15, -0.1) is 0 Å². The van der Waals surface area contributed by atoms with Crippen molar-refractivity contribution in [1.82, 2.24) is 10.2 Å². The lowest BCUT2D eigenvalue weighted by Gasteiger charge is -2.46. The molecule has 1 atom stereocenters. The second kappa shape index (κ2) is 8.17. The number of rotatable bonds is 4. The zero-order chi connectivity index (χ0) is 17.7. The molecule has 2 amide bonds. The molecule has 2 saturated heterocycles. The summed E-state index contributed by atoms with van der Waals surface area (Å²) in [6, 6.07) is 6.97. The van der Waals surface area contributed by atoms with Gasteiger partial charge < -0.3 is 15.0 Å². The third-order valence-electron chi connectivity index (χ3n) is 5.50. The van der Waals surface area contributed by atoms with E-state index < -0.39 is 0 Å². The fourth-order valence-corrected chi connectivity index (χ4v) is 4.11. The Morgan fingerprint density at radius 2 is 2.20 bits per heavy atom.